The summed E-state index contributed by atoms with van der Waals surface area (Å²) in [5, 5.41) is 3.34. The van der Waals surface area contributed by atoms with E-state index in [1.165, 1.54) is 4.31 Å². The summed E-state index contributed by atoms with van der Waals surface area (Å²) in [4.78, 5) is 12.9. The minimum absolute atomic E-state index is 0.0959. The van der Waals surface area contributed by atoms with Crippen molar-refractivity contribution in [3.05, 3.63) is 28.3 Å². The van der Waals surface area contributed by atoms with E-state index in [2.05, 4.69) is 5.32 Å². The molecule has 1 aliphatic heterocycles. The number of carbonyl (C=O) groups excluding carboxylic acids is 1. The third-order valence-corrected chi connectivity index (χ3v) is 7.70. The van der Waals surface area contributed by atoms with Gasteiger partial charge in [-0.3, -0.25) is 4.79 Å². The lowest BCUT2D eigenvalue weighted by Crippen LogP contribution is -2.50. The Labute approximate surface area is 153 Å². The second-order valence-corrected chi connectivity index (χ2v) is 9.04. The lowest BCUT2D eigenvalue weighted by atomic mass is 10.2. The van der Waals surface area contributed by atoms with Crippen molar-refractivity contribution in [2.75, 3.05) is 26.8 Å². The predicted octanol–water partition coefficient (Wildman–Crippen LogP) is 1.87. The number of piperidine rings is 1. The second-order valence-electron chi connectivity index (χ2n) is 6.81. The molecule has 1 amide bonds. The number of ether oxygens (including phenoxy) is 1. The van der Waals surface area contributed by atoms with Crippen LogP contribution in [0.2, 0.25) is 5.02 Å². The first kappa shape index (κ1) is 18.6. The highest BCUT2D eigenvalue weighted by Crippen LogP contribution is 2.57. The number of nitrogens with zero attached hydrogens (tertiary/aromatic N) is 1. The van der Waals surface area contributed by atoms with Crippen LogP contribution in [0.4, 0.5) is 0 Å². The number of nitrogens with one attached hydrogen (secondary N) is 1. The third kappa shape index (κ3) is 2.97. The van der Waals surface area contributed by atoms with E-state index in [0.717, 1.165) is 0 Å². The monoisotopic (exact) mass is 386 g/mol. The molecule has 138 valence electrons. The Kier molecular flexibility index (Phi) is 4.87. The summed E-state index contributed by atoms with van der Waals surface area (Å²) in [6.45, 7) is 4.64. The van der Waals surface area contributed by atoms with Crippen LogP contribution in [-0.2, 0) is 19.6 Å². The quantitative estimate of drug-likeness (QED) is 0.757. The molecule has 1 aliphatic carbocycles. The highest BCUT2D eigenvalue weighted by Gasteiger charge is 2.70. The van der Waals surface area contributed by atoms with Crippen molar-refractivity contribution in [1.82, 2.24) is 9.62 Å². The largest absolute Gasteiger partial charge is 0.383 e. The van der Waals surface area contributed by atoms with E-state index in [9.17, 15) is 13.2 Å². The van der Waals surface area contributed by atoms with Gasteiger partial charge < -0.3 is 10.1 Å². The van der Waals surface area contributed by atoms with E-state index in [-0.39, 0.29) is 16.7 Å². The molecule has 1 heterocycles. The molecule has 2 atom stereocenters. The minimum atomic E-state index is -3.77. The number of aryl methyl sites for hydroxylation is 2. The van der Waals surface area contributed by atoms with Crippen molar-refractivity contribution in [1.29, 1.82) is 0 Å². The Hall–Kier alpha value is -1.15. The zero-order valence-corrected chi connectivity index (χ0v) is 16.2. The summed E-state index contributed by atoms with van der Waals surface area (Å²) in [6.07, 6.45) is 1.29. The number of methoxy groups -OCH3 is 1. The van der Waals surface area contributed by atoms with Crippen molar-refractivity contribution in [2.45, 2.75) is 37.1 Å². The van der Waals surface area contributed by atoms with E-state index in [1.807, 2.05) is 0 Å². The first-order chi connectivity index (χ1) is 11.7. The third-order valence-electron chi connectivity index (χ3n) is 5.21. The Morgan fingerprint density at radius 2 is 2.12 bits per heavy atom. The predicted molar refractivity (Wildman–Crippen MR) is 95.2 cm³/mol. The van der Waals surface area contributed by atoms with Gasteiger partial charge in [0.05, 0.1) is 11.5 Å². The first-order valence-electron chi connectivity index (χ1n) is 8.32. The Balaban J connectivity index is 1.92. The molecule has 25 heavy (non-hydrogen) atoms. The molecule has 0 radical (unpaired) electrons. The van der Waals surface area contributed by atoms with Crippen molar-refractivity contribution < 1.29 is 17.9 Å². The topological polar surface area (TPSA) is 75.7 Å². The highest BCUT2D eigenvalue weighted by atomic mass is 35.5. The van der Waals surface area contributed by atoms with Crippen LogP contribution in [0.25, 0.3) is 0 Å². The molecule has 1 aromatic carbocycles. The molecule has 2 unspecified atom stereocenters. The lowest BCUT2D eigenvalue weighted by molar-refractivity contribution is -0.126. The van der Waals surface area contributed by atoms with Crippen LogP contribution in [0, 0.1) is 19.8 Å². The highest BCUT2D eigenvalue weighted by molar-refractivity contribution is 7.89. The SMILES string of the molecule is COCCNC(=O)C12CC1CCN2S(=O)(=O)c1cc(C)c(Cl)cc1C. The maximum absolute atomic E-state index is 13.3. The van der Waals surface area contributed by atoms with E-state index < -0.39 is 15.6 Å². The fourth-order valence-corrected chi connectivity index (χ4v) is 6.06. The number of fused-ring (bicyclic) bond motifs is 1. The molecule has 8 heteroatoms. The van der Waals surface area contributed by atoms with Gasteiger partial charge in [0.25, 0.3) is 0 Å². The molecular weight excluding hydrogens is 364 g/mol. The molecular formula is C17H23ClN2O4S. The zero-order chi connectivity index (χ0) is 18.4. The number of hydrogen-bond donors (Lipinski definition) is 1. The number of rotatable bonds is 6. The molecule has 1 N–H and O–H groups in total. The number of benzene rings is 1. The molecule has 0 aromatic heterocycles. The summed E-state index contributed by atoms with van der Waals surface area (Å²) >= 11 is 6.10. The van der Waals surface area contributed by atoms with Crippen LogP contribution >= 0.6 is 11.6 Å². The number of sulfonamides is 1. The van der Waals surface area contributed by atoms with Crippen LogP contribution < -0.4 is 5.32 Å². The molecule has 2 fully saturated rings. The Morgan fingerprint density at radius 3 is 2.76 bits per heavy atom. The van der Waals surface area contributed by atoms with Gasteiger partial charge in [0.1, 0.15) is 5.54 Å². The Bertz CT molecular complexity index is 811. The summed E-state index contributed by atoms with van der Waals surface area (Å²) in [5.74, 6) is -0.127. The number of halogens is 1. The lowest BCUT2D eigenvalue weighted by Gasteiger charge is -2.27. The molecule has 0 spiro atoms. The maximum Gasteiger partial charge on any atom is 0.244 e. The van der Waals surface area contributed by atoms with Crippen molar-refractivity contribution in [2.24, 2.45) is 5.92 Å². The van der Waals surface area contributed by atoms with Gasteiger partial charge in [-0.05, 0) is 55.9 Å². The molecule has 6 nitrogen and oxygen atoms in total. The fraction of sp³-hybridized carbons (Fsp3) is 0.588. The summed E-state index contributed by atoms with van der Waals surface area (Å²) < 4.78 is 32.9. The average Bonchev–Trinajstić information content (AvgIpc) is 3.15. The van der Waals surface area contributed by atoms with Gasteiger partial charge in [-0.2, -0.15) is 4.31 Å². The van der Waals surface area contributed by atoms with Gasteiger partial charge in [0.15, 0.2) is 0 Å². The van der Waals surface area contributed by atoms with Crippen LogP contribution in [0.15, 0.2) is 17.0 Å². The fourth-order valence-electron chi connectivity index (χ4n) is 3.73. The molecule has 1 saturated heterocycles. The van der Waals surface area contributed by atoms with E-state index in [4.69, 9.17) is 16.3 Å². The molecule has 3 rings (SSSR count). The second kappa shape index (κ2) is 6.54. The number of amides is 1. The van der Waals surface area contributed by atoms with Gasteiger partial charge in [-0.25, -0.2) is 8.42 Å². The van der Waals surface area contributed by atoms with Gasteiger partial charge in [0.2, 0.25) is 15.9 Å². The molecule has 1 aromatic rings. The normalized spacial score (nSPS) is 25.7. The number of hydrogen-bond acceptors (Lipinski definition) is 4. The molecule has 2 aliphatic rings. The minimum Gasteiger partial charge on any atom is -0.383 e. The van der Waals surface area contributed by atoms with Gasteiger partial charge in [-0.15, -0.1) is 0 Å². The summed E-state index contributed by atoms with van der Waals surface area (Å²) in [6, 6.07) is 3.26. The van der Waals surface area contributed by atoms with Gasteiger partial charge >= 0.3 is 0 Å². The average molecular weight is 387 g/mol. The first-order valence-corrected chi connectivity index (χ1v) is 10.1. The molecule has 1 saturated carbocycles. The van der Waals surface area contributed by atoms with Crippen LogP contribution in [0.5, 0.6) is 0 Å². The van der Waals surface area contributed by atoms with Crippen LogP contribution in [-0.4, -0.2) is 51.0 Å². The van der Waals surface area contributed by atoms with Crippen molar-refractivity contribution in [3.8, 4) is 0 Å². The van der Waals surface area contributed by atoms with Gasteiger partial charge in [-0.1, -0.05) is 11.6 Å². The van der Waals surface area contributed by atoms with Crippen molar-refractivity contribution >= 4 is 27.5 Å². The zero-order valence-electron chi connectivity index (χ0n) is 14.6. The van der Waals surface area contributed by atoms with Crippen LogP contribution in [0.3, 0.4) is 0 Å². The van der Waals surface area contributed by atoms with Gasteiger partial charge in [0, 0.05) is 25.2 Å². The maximum atomic E-state index is 13.3. The van der Waals surface area contributed by atoms with Crippen molar-refractivity contribution in [3.63, 3.8) is 0 Å². The smallest absolute Gasteiger partial charge is 0.244 e. The standard InChI is InChI=1S/C17H23ClN2O4S/c1-11-9-15(12(2)8-14(11)18)25(22,23)20-6-4-13-10-17(13,20)16(21)19-5-7-24-3/h8-9,13H,4-7,10H2,1-3H3,(H,19,21). The van der Waals surface area contributed by atoms with E-state index in [0.29, 0.717) is 48.7 Å². The summed E-state index contributed by atoms with van der Waals surface area (Å²) in [7, 11) is -2.21. The van der Waals surface area contributed by atoms with E-state index >= 15 is 0 Å². The van der Waals surface area contributed by atoms with E-state index in [1.54, 1.807) is 33.1 Å². The Morgan fingerprint density at radius 1 is 1.40 bits per heavy atom. The number of carbonyl (C=O) groups is 1. The van der Waals surface area contributed by atoms with Crippen LogP contribution in [0.1, 0.15) is 24.0 Å². The summed E-state index contributed by atoms with van der Waals surface area (Å²) in [5.41, 5.74) is 0.359. The molecule has 0 bridgehead atoms.